The first-order chi connectivity index (χ1) is 8.52. The van der Waals surface area contributed by atoms with Gasteiger partial charge in [-0.25, -0.2) is 4.39 Å². The molecule has 18 heavy (non-hydrogen) atoms. The number of halogens is 1. The summed E-state index contributed by atoms with van der Waals surface area (Å²) in [6.07, 6.45) is 0.777. The Labute approximate surface area is 108 Å². The molecule has 0 aliphatic carbocycles. The molecule has 0 aliphatic rings. The second-order valence-corrected chi connectivity index (χ2v) is 4.68. The van der Waals surface area contributed by atoms with E-state index in [1.807, 2.05) is 31.9 Å². The van der Waals surface area contributed by atoms with Crippen LogP contribution >= 0.6 is 0 Å². The Hall–Kier alpha value is -0.970. The molecule has 0 aromatic heterocycles. The van der Waals surface area contributed by atoms with E-state index in [4.69, 9.17) is 5.73 Å². The number of rotatable bonds is 6. The number of aliphatic hydroxyl groups is 1. The number of nitrogens with zero attached hydrogens (tertiary/aromatic N) is 1. The third-order valence-electron chi connectivity index (χ3n) is 3.64. The maximum atomic E-state index is 13.7. The van der Waals surface area contributed by atoms with Crippen LogP contribution in [0, 0.1) is 5.82 Å². The van der Waals surface area contributed by atoms with Crippen molar-refractivity contribution in [2.24, 2.45) is 5.73 Å². The van der Waals surface area contributed by atoms with Crippen molar-refractivity contribution in [1.82, 2.24) is 4.90 Å². The molecule has 1 aromatic rings. The lowest BCUT2D eigenvalue weighted by molar-refractivity contribution is 0.0942. The molecule has 4 heteroatoms. The molecule has 102 valence electrons. The standard InChI is InChI=1S/C14H23FN2O/c1-4-13(16)14(9-18)17(3)10(2)11-7-5-6-8-12(11)15/h5-8,10,13-14,18H,4,9,16H2,1-3H3. The summed E-state index contributed by atoms with van der Waals surface area (Å²) in [5, 5.41) is 9.45. The summed E-state index contributed by atoms with van der Waals surface area (Å²) in [6.45, 7) is 3.88. The maximum Gasteiger partial charge on any atom is 0.127 e. The molecule has 3 nitrogen and oxygen atoms in total. The van der Waals surface area contributed by atoms with Crippen molar-refractivity contribution in [2.45, 2.75) is 38.4 Å². The van der Waals surface area contributed by atoms with Crippen molar-refractivity contribution in [3.8, 4) is 0 Å². The van der Waals surface area contributed by atoms with Crippen molar-refractivity contribution in [2.75, 3.05) is 13.7 Å². The first-order valence-electron chi connectivity index (χ1n) is 6.35. The molecule has 0 radical (unpaired) electrons. The van der Waals surface area contributed by atoms with Gasteiger partial charge in [-0.3, -0.25) is 4.90 Å². The molecular formula is C14H23FN2O. The van der Waals surface area contributed by atoms with Gasteiger partial charge in [0.1, 0.15) is 5.82 Å². The van der Waals surface area contributed by atoms with Gasteiger partial charge in [-0.05, 0) is 26.5 Å². The van der Waals surface area contributed by atoms with Crippen LogP contribution in [0.25, 0.3) is 0 Å². The molecule has 0 heterocycles. The smallest absolute Gasteiger partial charge is 0.127 e. The van der Waals surface area contributed by atoms with Crippen LogP contribution < -0.4 is 5.73 Å². The normalized spacial score (nSPS) is 16.6. The summed E-state index contributed by atoms with van der Waals surface area (Å²) in [4.78, 5) is 1.94. The van der Waals surface area contributed by atoms with Crippen molar-refractivity contribution in [1.29, 1.82) is 0 Å². The molecule has 3 atom stereocenters. The summed E-state index contributed by atoms with van der Waals surface area (Å²) in [5.74, 6) is -0.224. The molecule has 1 aromatic carbocycles. The Morgan fingerprint density at radius 1 is 1.39 bits per heavy atom. The summed E-state index contributed by atoms with van der Waals surface area (Å²) in [5.41, 5.74) is 6.61. The van der Waals surface area contributed by atoms with Gasteiger partial charge in [0.05, 0.1) is 6.61 Å². The van der Waals surface area contributed by atoms with Gasteiger partial charge in [0.25, 0.3) is 0 Å². The van der Waals surface area contributed by atoms with Crippen molar-refractivity contribution in [3.63, 3.8) is 0 Å². The molecule has 3 unspecified atom stereocenters. The van der Waals surface area contributed by atoms with Crippen LogP contribution in [0.2, 0.25) is 0 Å². The van der Waals surface area contributed by atoms with E-state index in [-0.39, 0.29) is 30.5 Å². The van der Waals surface area contributed by atoms with Crippen LogP contribution in [-0.2, 0) is 0 Å². The molecule has 0 bridgehead atoms. The fourth-order valence-corrected chi connectivity index (χ4v) is 2.16. The highest BCUT2D eigenvalue weighted by atomic mass is 19.1. The van der Waals surface area contributed by atoms with Crippen LogP contribution in [0.15, 0.2) is 24.3 Å². The second-order valence-electron chi connectivity index (χ2n) is 4.68. The minimum Gasteiger partial charge on any atom is -0.395 e. The zero-order valence-corrected chi connectivity index (χ0v) is 11.3. The van der Waals surface area contributed by atoms with Crippen LogP contribution in [-0.4, -0.2) is 35.7 Å². The third-order valence-corrected chi connectivity index (χ3v) is 3.64. The average molecular weight is 254 g/mol. The van der Waals surface area contributed by atoms with Crippen molar-refractivity contribution < 1.29 is 9.50 Å². The fraction of sp³-hybridized carbons (Fsp3) is 0.571. The number of likely N-dealkylation sites (N-methyl/N-ethyl adjacent to an activating group) is 1. The Morgan fingerprint density at radius 3 is 2.50 bits per heavy atom. The Morgan fingerprint density at radius 2 is 2.00 bits per heavy atom. The molecule has 0 amide bonds. The molecule has 0 spiro atoms. The molecule has 0 saturated carbocycles. The highest BCUT2D eigenvalue weighted by molar-refractivity contribution is 5.20. The molecule has 0 fully saturated rings. The minimum atomic E-state index is -0.224. The SMILES string of the molecule is CCC(N)C(CO)N(C)C(C)c1ccccc1F. The second kappa shape index (κ2) is 6.83. The summed E-state index contributed by atoms with van der Waals surface area (Å²) in [7, 11) is 1.87. The molecule has 0 aliphatic heterocycles. The van der Waals surface area contributed by atoms with Crippen LogP contribution in [0.4, 0.5) is 4.39 Å². The van der Waals surface area contributed by atoms with Gasteiger partial charge in [-0.1, -0.05) is 25.1 Å². The average Bonchev–Trinajstić information content (AvgIpc) is 2.38. The predicted octanol–water partition coefficient (Wildman–Crippen LogP) is 1.92. The van der Waals surface area contributed by atoms with Crippen molar-refractivity contribution in [3.05, 3.63) is 35.6 Å². The van der Waals surface area contributed by atoms with Crippen LogP contribution in [0.5, 0.6) is 0 Å². The highest BCUT2D eigenvalue weighted by Gasteiger charge is 2.26. The summed E-state index contributed by atoms with van der Waals surface area (Å²) >= 11 is 0. The lowest BCUT2D eigenvalue weighted by Crippen LogP contribution is -2.49. The van der Waals surface area contributed by atoms with E-state index < -0.39 is 0 Å². The maximum absolute atomic E-state index is 13.7. The van der Waals surface area contributed by atoms with Crippen molar-refractivity contribution >= 4 is 0 Å². The Kier molecular flexibility index (Phi) is 5.72. The Balaban J connectivity index is 2.89. The topological polar surface area (TPSA) is 49.5 Å². The highest BCUT2D eigenvalue weighted by Crippen LogP contribution is 2.24. The first-order valence-corrected chi connectivity index (χ1v) is 6.35. The minimum absolute atomic E-state index is 0.0235. The monoisotopic (exact) mass is 254 g/mol. The fourth-order valence-electron chi connectivity index (χ4n) is 2.16. The van der Waals surface area contributed by atoms with E-state index in [0.29, 0.717) is 5.56 Å². The zero-order chi connectivity index (χ0) is 13.7. The van der Waals surface area contributed by atoms with Gasteiger partial charge in [0.15, 0.2) is 0 Å². The first kappa shape index (κ1) is 15.1. The molecule has 0 saturated heterocycles. The van der Waals surface area contributed by atoms with E-state index in [1.54, 1.807) is 12.1 Å². The molecule has 3 N–H and O–H groups in total. The number of hydrogen-bond acceptors (Lipinski definition) is 3. The quantitative estimate of drug-likeness (QED) is 0.815. The van der Waals surface area contributed by atoms with E-state index in [9.17, 15) is 9.50 Å². The van der Waals surface area contributed by atoms with Gasteiger partial charge in [0.2, 0.25) is 0 Å². The van der Waals surface area contributed by atoms with Gasteiger partial charge in [-0.15, -0.1) is 0 Å². The van der Waals surface area contributed by atoms with Crippen LogP contribution in [0.1, 0.15) is 31.9 Å². The van der Waals surface area contributed by atoms with Gasteiger partial charge >= 0.3 is 0 Å². The van der Waals surface area contributed by atoms with E-state index in [2.05, 4.69) is 0 Å². The predicted molar refractivity (Wildman–Crippen MR) is 71.7 cm³/mol. The third kappa shape index (κ3) is 3.28. The van der Waals surface area contributed by atoms with Gasteiger partial charge in [-0.2, -0.15) is 0 Å². The lowest BCUT2D eigenvalue weighted by atomic mass is 10.0. The summed E-state index contributed by atoms with van der Waals surface area (Å²) in [6, 6.07) is 6.30. The van der Waals surface area contributed by atoms with Gasteiger partial charge in [0, 0.05) is 23.7 Å². The van der Waals surface area contributed by atoms with E-state index >= 15 is 0 Å². The number of aliphatic hydroxyl groups excluding tert-OH is 1. The van der Waals surface area contributed by atoms with E-state index in [0.717, 1.165) is 6.42 Å². The Bertz CT molecular complexity index is 373. The van der Waals surface area contributed by atoms with E-state index in [1.165, 1.54) is 6.07 Å². The lowest BCUT2D eigenvalue weighted by Gasteiger charge is -2.35. The zero-order valence-electron chi connectivity index (χ0n) is 11.3. The number of benzene rings is 1. The number of hydrogen-bond donors (Lipinski definition) is 2. The number of nitrogens with two attached hydrogens (primary N) is 1. The molecular weight excluding hydrogens is 231 g/mol. The van der Waals surface area contributed by atoms with Crippen LogP contribution in [0.3, 0.4) is 0 Å². The largest absolute Gasteiger partial charge is 0.395 e. The summed E-state index contributed by atoms with van der Waals surface area (Å²) < 4.78 is 13.7. The molecule has 1 rings (SSSR count). The van der Waals surface area contributed by atoms with Gasteiger partial charge < -0.3 is 10.8 Å².